The minimum atomic E-state index is -0.799. The van der Waals surface area contributed by atoms with Gasteiger partial charge < -0.3 is 13.9 Å². The van der Waals surface area contributed by atoms with Crippen LogP contribution >= 0.6 is 0 Å². The molecule has 0 saturated heterocycles. The van der Waals surface area contributed by atoms with Crippen molar-refractivity contribution in [3.63, 3.8) is 0 Å². The summed E-state index contributed by atoms with van der Waals surface area (Å²) in [6.07, 6.45) is 1.31. The molecule has 8 nitrogen and oxygen atoms in total. The van der Waals surface area contributed by atoms with Gasteiger partial charge in [-0.3, -0.25) is 20.4 Å². The summed E-state index contributed by atoms with van der Waals surface area (Å²) in [5.41, 5.74) is 4.13. The van der Waals surface area contributed by atoms with Crippen LogP contribution in [-0.2, 0) is 14.3 Å². The first-order valence-corrected chi connectivity index (χ1v) is 6.71. The third kappa shape index (κ3) is 5.44. The molecule has 0 aliphatic heterocycles. The van der Waals surface area contributed by atoms with Gasteiger partial charge in [0.25, 0.3) is 5.91 Å². The molecule has 2 aromatic rings. The number of carbonyl (C=O) groups is 3. The van der Waals surface area contributed by atoms with E-state index in [0.717, 1.165) is 0 Å². The molecule has 9 heteroatoms. The lowest BCUT2D eigenvalue weighted by Crippen LogP contribution is -2.43. The number of amides is 2. The highest BCUT2D eigenvalue weighted by Crippen LogP contribution is 2.10. The maximum Gasteiger partial charge on any atom is 0.344 e. The Morgan fingerprint density at radius 3 is 2.46 bits per heavy atom. The van der Waals surface area contributed by atoms with Crippen molar-refractivity contribution in [3.8, 4) is 5.75 Å². The third-order valence-corrected chi connectivity index (χ3v) is 2.59. The summed E-state index contributed by atoms with van der Waals surface area (Å²) in [6.45, 7) is -1.05. The van der Waals surface area contributed by atoms with Gasteiger partial charge in [-0.2, -0.15) is 0 Å². The Labute approximate surface area is 135 Å². The van der Waals surface area contributed by atoms with E-state index in [1.165, 1.54) is 42.7 Å². The number of furan rings is 1. The molecule has 0 unspecified atom stereocenters. The van der Waals surface area contributed by atoms with Crippen molar-refractivity contribution in [2.24, 2.45) is 0 Å². The average Bonchev–Trinajstić information content (AvgIpc) is 3.12. The van der Waals surface area contributed by atoms with Gasteiger partial charge in [-0.05, 0) is 36.4 Å². The number of esters is 1. The highest BCUT2D eigenvalue weighted by atomic mass is 19.1. The van der Waals surface area contributed by atoms with Crippen LogP contribution < -0.4 is 15.6 Å². The molecule has 1 aromatic carbocycles. The van der Waals surface area contributed by atoms with E-state index in [1.807, 2.05) is 5.43 Å². The van der Waals surface area contributed by atoms with Crippen LogP contribution in [0.25, 0.3) is 0 Å². The number of carbonyl (C=O) groups excluding carboxylic acids is 3. The molecule has 0 aliphatic carbocycles. The fraction of sp³-hybridized carbons (Fsp3) is 0.133. The fourth-order valence-corrected chi connectivity index (χ4v) is 1.49. The Kier molecular flexibility index (Phi) is 5.89. The lowest BCUT2D eigenvalue weighted by molar-refractivity contribution is -0.150. The van der Waals surface area contributed by atoms with Gasteiger partial charge in [0.05, 0.1) is 6.26 Å². The Morgan fingerprint density at radius 1 is 1.04 bits per heavy atom. The van der Waals surface area contributed by atoms with Crippen molar-refractivity contribution in [2.75, 3.05) is 13.2 Å². The normalized spacial score (nSPS) is 9.88. The highest BCUT2D eigenvalue weighted by Gasteiger charge is 2.11. The molecule has 2 N–H and O–H groups in total. The van der Waals surface area contributed by atoms with Crippen LogP contribution in [0.5, 0.6) is 5.75 Å². The van der Waals surface area contributed by atoms with Gasteiger partial charge in [0, 0.05) is 0 Å². The number of ether oxygens (including phenoxy) is 2. The molecule has 0 radical (unpaired) electrons. The van der Waals surface area contributed by atoms with E-state index in [9.17, 15) is 18.8 Å². The van der Waals surface area contributed by atoms with E-state index in [-0.39, 0.29) is 11.5 Å². The summed E-state index contributed by atoms with van der Waals surface area (Å²) in [7, 11) is 0. The van der Waals surface area contributed by atoms with E-state index in [0.29, 0.717) is 0 Å². The quantitative estimate of drug-likeness (QED) is 0.597. The second-order valence-corrected chi connectivity index (χ2v) is 4.38. The number of hydrazine groups is 1. The van der Waals surface area contributed by atoms with Gasteiger partial charge in [-0.15, -0.1) is 0 Å². The van der Waals surface area contributed by atoms with Crippen LogP contribution in [-0.4, -0.2) is 31.0 Å². The van der Waals surface area contributed by atoms with Crippen molar-refractivity contribution in [1.29, 1.82) is 0 Å². The molecule has 1 heterocycles. The summed E-state index contributed by atoms with van der Waals surface area (Å²) in [4.78, 5) is 34.3. The molecular weight excluding hydrogens is 323 g/mol. The number of benzene rings is 1. The summed E-state index contributed by atoms with van der Waals surface area (Å²) >= 11 is 0. The Hall–Kier alpha value is -3.36. The van der Waals surface area contributed by atoms with Crippen molar-refractivity contribution >= 4 is 17.8 Å². The molecule has 0 atom stereocenters. The van der Waals surface area contributed by atoms with Gasteiger partial charge >= 0.3 is 11.9 Å². The minimum Gasteiger partial charge on any atom is -0.482 e. The predicted octanol–water partition coefficient (Wildman–Crippen LogP) is 0.802. The van der Waals surface area contributed by atoms with Gasteiger partial charge in [0.1, 0.15) is 11.6 Å². The molecule has 0 spiro atoms. The van der Waals surface area contributed by atoms with Gasteiger partial charge in [0.15, 0.2) is 19.0 Å². The van der Waals surface area contributed by atoms with E-state index in [2.05, 4.69) is 10.2 Å². The lowest BCUT2D eigenvalue weighted by atomic mass is 10.3. The zero-order valence-electron chi connectivity index (χ0n) is 12.3. The summed E-state index contributed by atoms with van der Waals surface area (Å²) in [5.74, 6) is -2.34. The molecule has 0 aliphatic rings. The topological polar surface area (TPSA) is 107 Å². The standard InChI is InChI=1S/C15H13FN2O6/c16-10-3-5-11(6-4-10)23-9-14(20)24-8-13(19)17-18-15(21)12-2-1-7-22-12/h1-7H,8-9H2,(H,17,19)(H,18,21). The zero-order chi connectivity index (χ0) is 17.4. The van der Waals surface area contributed by atoms with Crippen molar-refractivity contribution in [2.45, 2.75) is 0 Å². The summed E-state index contributed by atoms with van der Waals surface area (Å²) in [5, 5.41) is 0. The highest BCUT2D eigenvalue weighted by molar-refractivity contribution is 5.93. The molecular formula is C15H13FN2O6. The maximum atomic E-state index is 12.7. The Bertz CT molecular complexity index is 699. The smallest absolute Gasteiger partial charge is 0.344 e. The predicted molar refractivity (Wildman–Crippen MR) is 77.2 cm³/mol. The molecule has 0 saturated carbocycles. The van der Waals surface area contributed by atoms with Gasteiger partial charge in [-0.1, -0.05) is 0 Å². The van der Waals surface area contributed by atoms with Crippen LogP contribution in [0.15, 0.2) is 47.1 Å². The SMILES string of the molecule is O=C(COC(=O)COc1ccc(F)cc1)NNC(=O)c1ccco1. The number of halogens is 1. The average molecular weight is 336 g/mol. The summed E-state index contributed by atoms with van der Waals surface area (Å²) in [6, 6.07) is 7.97. The second-order valence-electron chi connectivity index (χ2n) is 4.38. The van der Waals surface area contributed by atoms with Crippen LogP contribution in [0.1, 0.15) is 10.6 Å². The van der Waals surface area contributed by atoms with E-state index in [1.54, 1.807) is 0 Å². The minimum absolute atomic E-state index is 0.0139. The fourth-order valence-electron chi connectivity index (χ4n) is 1.49. The van der Waals surface area contributed by atoms with Crippen LogP contribution in [0.2, 0.25) is 0 Å². The van der Waals surface area contributed by atoms with Gasteiger partial charge in [0.2, 0.25) is 0 Å². The maximum absolute atomic E-state index is 12.7. The number of rotatable bonds is 6. The molecule has 0 bridgehead atoms. The first kappa shape index (κ1) is 17.0. The zero-order valence-corrected chi connectivity index (χ0v) is 12.3. The molecule has 24 heavy (non-hydrogen) atoms. The van der Waals surface area contributed by atoms with Crippen molar-refractivity contribution in [3.05, 3.63) is 54.2 Å². The monoisotopic (exact) mass is 336 g/mol. The number of hydrogen-bond acceptors (Lipinski definition) is 6. The third-order valence-electron chi connectivity index (χ3n) is 2.59. The Balaban J connectivity index is 1.63. The van der Waals surface area contributed by atoms with Crippen LogP contribution in [0.3, 0.4) is 0 Å². The van der Waals surface area contributed by atoms with E-state index >= 15 is 0 Å². The van der Waals surface area contributed by atoms with Crippen LogP contribution in [0.4, 0.5) is 4.39 Å². The van der Waals surface area contributed by atoms with Crippen molar-refractivity contribution in [1.82, 2.24) is 10.9 Å². The largest absolute Gasteiger partial charge is 0.482 e. The van der Waals surface area contributed by atoms with E-state index < -0.39 is 36.8 Å². The molecule has 126 valence electrons. The summed E-state index contributed by atoms with van der Waals surface area (Å²) < 4.78 is 27.2. The Morgan fingerprint density at radius 2 is 1.79 bits per heavy atom. The number of nitrogens with one attached hydrogen (secondary N) is 2. The van der Waals surface area contributed by atoms with E-state index in [4.69, 9.17) is 9.15 Å². The molecule has 1 aromatic heterocycles. The second kappa shape index (κ2) is 8.32. The first-order valence-electron chi connectivity index (χ1n) is 6.71. The van der Waals surface area contributed by atoms with Crippen LogP contribution in [0, 0.1) is 5.82 Å². The number of hydrogen-bond donors (Lipinski definition) is 2. The lowest BCUT2D eigenvalue weighted by Gasteiger charge is -2.08. The molecule has 0 fully saturated rings. The molecule has 2 rings (SSSR count). The molecule has 2 amide bonds. The van der Waals surface area contributed by atoms with Crippen molar-refractivity contribution < 1.29 is 32.7 Å². The first-order chi connectivity index (χ1) is 11.5. The van der Waals surface area contributed by atoms with Gasteiger partial charge in [-0.25, -0.2) is 9.18 Å².